The maximum absolute atomic E-state index is 12.5. The van der Waals surface area contributed by atoms with Crippen LogP contribution in [0, 0.1) is 0 Å². The lowest BCUT2D eigenvalue weighted by Crippen LogP contribution is -2.45. The average molecular weight is 370 g/mol. The predicted molar refractivity (Wildman–Crippen MR) is 99.4 cm³/mol. The molecule has 1 aliphatic rings. The molecule has 0 aromatic heterocycles. The first-order valence-corrected chi connectivity index (χ1v) is 11.3. The molecule has 1 saturated heterocycles. The van der Waals surface area contributed by atoms with Crippen LogP contribution in [0.2, 0.25) is 0 Å². The van der Waals surface area contributed by atoms with E-state index in [4.69, 9.17) is 18.7 Å². The van der Waals surface area contributed by atoms with Gasteiger partial charge in [-0.05, 0) is 25.3 Å². The molecule has 0 amide bonds. The number of ether oxygens (including phenoxy) is 3. The monoisotopic (exact) mass is 370 g/mol. The zero-order chi connectivity index (χ0) is 18.3. The summed E-state index contributed by atoms with van der Waals surface area (Å²) < 4.78 is 35.9. The summed E-state index contributed by atoms with van der Waals surface area (Å²) in [6, 6.07) is 10.1. The Hall–Kier alpha value is -0.710. The zero-order valence-electron chi connectivity index (χ0n) is 15.8. The highest BCUT2D eigenvalue weighted by atomic mass is 31.2. The van der Waals surface area contributed by atoms with Gasteiger partial charge in [0, 0.05) is 19.9 Å². The fraction of sp³-hybridized carbons (Fsp3) is 0.684. The molecule has 2 rings (SSSR count). The van der Waals surface area contributed by atoms with E-state index < -0.39 is 13.0 Å². The summed E-state index contributed by atoms with van der Waals surface area (Å²) >= 11 is 0. The summed E-state index contributed by atoms with van der Waals surface area (Å²) in [7, 11) is -0.925. The molecule has 6 heteroatoms. The van der Waals surface area contributed by atoms with Gasteiger partial charge in [0.1, 0.15) is 12.2 Å². The van der Waals surface area contributed by atoms with Gasteiger partial charge in [0.15, 0.2) is 7.37 Å². The Kier molecular flexibility index (Phi) is 7.66. The molecule has 1 fully saturated rings. The van der Waals surface area contributed by atoms with E-state index in [9.17, 15) is 4.57 Å². The normalized spacial score (nSPS) is 28.8. The van der Waals surface area contributed by atoms with Crippen LogP contribution >= 0.6 is 7.37 Å². The molecule has 1 aliphatic heterocycles. The van der Waals surface area contributed by atoms with Crippen molar-refractivity contribution in [1.82, 2.24) is 0 Å². The summed E-state index contributed by atoms with van der Waals surface area (Å²) in [4.78, 5) is 0. The highest BCUT2D eigenvalue weighted by Gasteiger charge is 2.50. The summed E-state index contributed by atoms with van der Waals surface area (Å²) in [5, 5.41) is 0. The van der Waals surface area contributed by atoms with Crippen LogP contribution in [0.5, 0.6) is 0 Å². The van der Waals surface area contributed by atoms with E-state index in [1.807, 2.05) is 37.3 Å². The molecular formula is C19H31O5P. The van der Waals surface area contributed by atoms with E-state index in [-0.39, 0.29) is 12.2 Å². The number of hydrogen-bond acceptors (Lipinski definition) is 5. The first-order valence-electron chi connectivity index (χ1n) is 8.99. The van der Waals surface area contributed by atoms with Crippen LogP contribution in [0.15, 0.2) is 30.3 Å². The van der Waals surface area contributed by atoms with Crippen molar-refractivity contribution in [3.63, 3.8) is 0 Å². The average Bonchev–Trinajstić information content (AvgIpc) is 2.97. The largest absolute Gasteiger partial charge is 0.376 e. The maximum Gasteiger partial charge on any atom is 0.200 e. The second kappa shape index (κ2) is 9.29. The first-order chi connectivity index (χ1) is 12.0. The van der Waals surface area contributed by atoms with Crippen LogP contribution in [0.4, 0.5) is 0 Å². The number of rotatable bonds is 10. The van der Waals surface area contributed by atoms with Crippen LogP contribution < -0.4 is 0 Å². The molecule has 0 N–H and O–H groups in total. The van der Waals surface area contributed by atoms with Gasteiger partial charge in [-0.15, -0.1) is 0 Å². The fourth-order valence-corrected chi connectivity index (χ4v) is 4.85. The molecule has 5 nitrogen and oxygen atoms in total. The van der Waals surface area contributed by atoms with Gasteiger partial charge in [0.25, 0.3) is 0 Å². The maximum atomic E-state index is 12.5. The molecule has 0 spiro atoms. The van der Waals surface area contributed by atoms with Gasteiger partial charge in [0.05, 0.1) is 25.4 Å². The number of benzene rings is 1. The molecular weight excluding hydrogens is 339 g/mol. The van der Waals surface area contributed by atoms with Crippen molar-refractivity contribution in [3.8, 4) is 0 Å². The summed E-state index contributed by atoms with van der Waals surface area (Å²) in [5.41, 5.74) is 0.628. The van der Waals surface area contributed by atoms with E-state index in [2.05, 4.69) is 6.92 Å². The molecule has 1 aromatic carbocycles. The fourth-order valence-electron chi connectivity index (χ4n) is 3.39. The minimum atomic E-state index is -2.61. The standard InChI is InChI=1S/C19H31O5P/c1-5-19(12-13-25(4,20)24-6-2)18(17(21-3)15-23-19)22-14-16-10-8-7-9-11-16/h7-11,17-18H,5-6,12-15H2,1-4H3/t17-,18?,19+,25?/m1/s1. The Balaban J connectivity index is 2.09. The minimum Gasteiger partial charge on any atom is -0.376 e. The smallest absolute Gasteiger partial charge is 0.200 e. The Bertz CT molecular complexity index is 564. The molecule has 0 saturated carbocycles. The molecule has 4 atom stereocenters. The van der Waals surface area contributed by atoms with Crippen molar-refractivity contribution in [2.45, 2.75) is 51.1 Å². The molecule has 142 valence electrons. The van der Waals surface area contributed by atoms with Gasteiger partial charge in [-0.3, -0.25) is 4.57 Å². The second-order valence-corrected chi connectivity index (χ2v) is 9.36. The third-order valence-corrected chi connectivity index (χ3v) is 6.75. The van der Waals surface area contributed by atoms with Crippen molar-refractivity contribution < 1.29 is 23.3 Å². The Morgan fingerprint density at radius 3 is 2.60 bits per heavy atom. The Morgan fingerprint density at radius 2 is 2.00 bits per heavy atom. The molecule has 0 radical (unpaired) electrons. The topological polar surface area (TPSA) is 54.0 Å². The van der Waals surface area contributed by atoms with E-state index in [1.54, 1.807) is 13.8 Å². The third-order valence-electron chi connectivity index (χ3n) is 4.91. The summed E-state index contributed by atoms with van der Waals surface area (Å²) in [5.74, 6) is 0. The second-order valence-electron chi connectivity index (χ2n) is 6.63. The third kappa shape index (κ3) is 5.38. The van der Waals surface area contributed by atoms with Crippen LogP contribution in [-0.2, 0) is 29.9 Å². The van der Waals surface area contributed by atoms with Crippen LogP contribution in [0.1, 0.15) is 32.3 Å². The minimum absolute atomic E-state index is 0.119. The molecule has 1 heterocycles. The van der Waals surface area contributed by atoms with Crippen molar-refractivity contribution in [2.24, 2.45) is 0 Å². The van der Waals surface area contributed by atoms with E-state index >= 15 is 0 Å². The molecule has 2 unspecified atom stereocenters. The van der Waals surface area contributed by atoms with Crippen molar-refractivity contribution in [2.75, 3.05) is 33.2 Å². The molecule has 1 aromatic rings. The van der Waals surface area contributed by atoms with E-state index in [1.165, 1.54) is 0 Å². The highest BCUT2D eigenvalue weighted by molar-refractivity contribution is 7.58. The van der Waals surface area contributed by atoms with Gasteiger partial charge < -0.3 is 18.7 Å². The van der Waals surface area contributed by atoms with Gasteiger partial charge in [-0.25, -0.2) is 0 Å². The van der Waals surface area contributed by atoms with Gasteiger partial charge in [0.2, 0.25) is 0 Å². The lowest BCUT2D eigenvalue weighted by atomic mass is 9.89. The van der Waals surface area contributed by atoms with Crippen molar-refractivity contribution >= 4 is 7.37 Å². The van der Waals surface area contributed by atoms with E-state index in [0.717, 1.165) is 12.0 Å². The van der Waals surface area contributed by atoms with Crippen LogP contribution in [0.25, 0.3) is 0 Å². The van der Waals surface area contributed by atoms with Gasteiger partial charge in [-0.1, -0.05) is 37.3 Å². The lowest BCUT2D eigenvalue weighted by Gasteiger charge is -2.35. The summed E-state index contributed by atoms with van der Waals surface area (Å²) in [6.45, 7) is 7.10. The van der Waals surface area contributed by atoms with Crippen LogP contribution in [-0.4, -0.2) is 51.0 Å². The molecule has 0 bridgehead atoms. The molecule has 0 aliphatic carbocycles. The Morgan fingerprint density at radius 1 is 1.28 bits per heavy atom. The highest BCUT2D eigenvalue weighted by Crippen LogP contribution is 2.47. The van der Waals surface area contributed by atoms with Crippen LogP contribution in [0.3, 0.4) is 0 Å². The number of methoxy groups -OCH3 is 1. The van der Waals surface area contributed by atoms with Crippen molar-refractivity contribution in [1.29, 1.82) is 0 Å². The predicted octanol–water partition coefficient (Wildman–Crippen LogP) is 4.10. The molecule has 25 heavy (non-hydrogen) atoms. The van der Waals surface area contributed by atoms with Gasteiger partial charge >= 0.3 is 0 Å². The first kappa shape index (κ1) is 20.6. The lowest BCUT2D eigenvalue weighted by molar-refractivity contribution is -0.111. The van der Waals surface area contributed by atoms with Gasteiger partial charge in [-0.2, -0.15) is 0 Å². The van der Waals surface area contributed by atoms with E-state index in [0.29, 0.717) is 32.4 Å². The summed E-state index contributed by atoms with van der Waals surface area (Å²) in [6.07, 6.45) is 1.59. The Labute approximate surface area is 151 Å². The van der Waals surface area contributed by atoms with Crippen molar-refractivity contribution in [3.05, 3.63) is 35.9 Å². The quantitative estimate of drug-likeness (QED) is 0.581. The zero-order valence-corrected chi connectivity index (χ0v) is 16.7. The number of hydrogen-bond donors (Lipinski definition) is 0. The SMILES string of the molecule is CCOP(C)(=O)CC[C@]1(CC)OC[C@@H](OC)C1OCc1ccccc1.